The van der Waals surface area contributed by atoms with Gasteiger partial charge in [0.2, 0.25) is 0 Å². The lowest BCUT2D eigenvalue weighted by Gasteiger charge is -2.21. The standard InChI is InChI=1S/C16H22N2/c1-13(2)18(3)12-11-17-16-10-6-8-14-7-4-5-9-15(14)16/h4-10,13,17H,11-12H2,1-3H3. The molecular weight excluding hydrogens is 220 g/mol. The summed E-state index contributed by atoms with van der Waals surface area (Å²) < 4.78 is 0. The molecule has 0 fully saturated rings. The van der Waals surface area contributed by atoms with Crippen molar-refractivity contribution < 1.29 is 0 Å². The molecule has 0 bridgehead atoms. The monoisotopic (exact) mass is 242 g/mol. The zero-order chi connectivity index (χ0) is 13.0. The van der Waals surface area contributed by atoms with Gasteiger partial charge in [0.25, 0.3) is 0 Å². The normalized spacial score (nSPS) is 11.4. The molecule has 2 aromatic carbocycles. The summed E-state index contributed by atoms with van der Waals surface area (Å²) in [5, 5.41) is 6.12. The number of hydrogen-bond donors (Lipinski definition) is 1. The predicted octanol–water partition coefficient (Wildman–Crippen LogP) is 3.59. The van der Waals surface area contributed by atoms with Crippen molar-refractivity contribution in [3.63, 3.8) is 0 Å². The maximum Gasteiger partial charge on any atom is 0.0420 e. The summed E-state index contributed by atoms with van der Waals surface area (Å²) in [5.74, 6) is 0. The van der Waals surface area contributed by atoms with Gasteiger partial charge in [0.15, 0.2) is 0 Å². The maximum absolute atomic E-state index is 3.53. The van der Waals surface area contributed by atoms with Gasteiger partial charge in [-0.3, -0.25) is 0 Å². The van der Waals surface area contributed by atoms with Crippen LogP contribution in [0.1, 0.15) is 13.8 Å². The third-order valence-electron chi connectivity index (χ3n) is 3.45. The van der Waals surface area contributed by atoms with Crippen LogP contribution in [0.2, 0.25) is 0 Å². The summed E-state index contributed by atoms with van der Waals surface area (Å²) in [6.07, 6.45) is 0. The molecule has 1 N–H and O–H groups in total. The molecule has 0 aliphatic carbocycles. The minimum Gasteiger partial charge on any atom is -0.383 e. The predicted molar refractivity (Wildman–Crippen MR) is 80.2 cm³/mol. The van der Waals surface area contributed by atoms with Crippen molar-refractivity contribution in [1.82, 2.24) is 4.90 Å². The third-order valence-corrected chi connectivity index (χ3v) is 3.45. The first-order chi connectivity index (χ1) is 8.68. The van der Waals surface area contributed by atoms with E-state index >= 15 is 0 Å². The van der Waals surface area contributed by atoms with E-state index < -0.39 is 0 Å². The van der Waals surface area contributed by atoms with Crippen molar-refractivity contribution in [2.24, 2.45) is 0 Å². The molecule has 0 aromatic heterocycles. The van der Waals surface area contributed by atoms with Gasteiger partial charge in [-0.1, -0.05) is 36.4 Å². The van der Waals surface area contributed by atoms with Gasteiger partial charge in [-0.2, -0.15) is 0 Å². The lowest BCUT2D eigenvalue weighted by molar-refractivity contribution is 0.284. The van der Waals surface area contributed by atoms with Gasteiger partial charge in [0.05, 0.1) is 0 Å². The number of hydrogen-bond acceptors (Lipinski definition) is 2. The number of nitrogens with zero attached hydrogens (tertiary/aromatic N) is 1. The molecule has 0 amide bonds. The van der Waals surface area contributed by atoms with Gasteiger partial charge in [-0.05, 0) is 32.3 Å². The molecule has 18 heavy (non-hydrogen) atoms. The van der Waals surface area contributed by atoms with E-state index in [4.69, 9.17) is 0 Å². The Morgan fingerprint density at radius 2 is 1.78 bits per heavy atom. The van der Waals surface area contributed by atoms with Crippen LogP contribution in [0.4, 0.5) is 5.69 Å². The molecule has 2 rings (SSSR count). The van der Waals surface area contributed by atoms with E-state index in [2.05, 4.69) is 73.6 Å². The first-order valence-corrected chi connectivity index (χ1v) is 6.60. The largest absolute Gasteiger partial charge is 0.383 e. The van der Waals surface area contributed by atoms with E-state index in [0.29, 0.717) is 6.04 Å². The SMILES string of the molecule is CC(C)N(C)CCNc1cccc2ccccc12. The number of nitrogens with one attached hydrogen (secondary N) is 1. The van der Waals surface area contributed by atoms with Gasteiger partial charge >= 0.3 is 0 Å². The van der Waals surface area contributed by atoms with Crippen molar-refractivity contribution in [3.05, 3.63) is 42.5 Å². The van der Waals surface area contributed by atoms with Gasteiger partial charge < -0.3 is 10.2 Å². The quantitative estimate of drug-likeness (QED) is 0.862. The van der Waals surface area contributed by atoms with Crippen LogP contribution in [0, 0.1) is 0 Å². The van der Waals surface area contributed by atoms with Crippen LogP contribution in [-0.2, 0) is 0 Å². The molecule has 0 aliphatic rings. The van der Waals surface area contributed by atoms with E-state index in [9.17, 15) is 0 Å². The van der Waals surface area contributed by atoms with Crippen molar-refractivity contribution >= 4 is 16.5 Å². The number of anilines is 1. The highest BCUT2D eigenvalue weighted by molar-refractivity contribution is 5.93. The Morgan fingerprint density at radius 1 is 1.06 bits per heavy atom. The third kappa shape index (κ3) is 3.02. The average Bonchev–Trinajstić information content (AvgIpc) is 2.38. The molecule has 0 radical (unpaired) electrons. The molecule has 2 aromatic rings. The molecule has 2 heteroatoms. The van der Waals surface area contributed by atoms with Gasteiger partial charge in [-0.15, -0.1) is 0 Å². The van der Waals surface area contributed by atoms with E-state index in [1.165, 1.54) is 16.5 Å². The fourth-order valence-electron chi connectivity index (χ4n) is 2.00. The highest BCUT2D eigenvalue weighted by Crippen LogP contribution is 2.22. The fourth-order valence-corrected chi connectivity index (χ4v) is 2.00. The molecule has 2 nitrogen and oxygen atoms in total. The molecule has 0 unspecified atom stereocenters. The van der Waals surface area contributed by atoms with Gasteiger partial charge in [0, 0.05) is 30.2 Å². The average molecular weight is 242 g/mol. The van der Waals surface area contributed by atoms with Crippen LogP contribution in [0.3, 0.4) is 0 Å². The zero-order valence-corrected chi connectivity index (χ0v) is 11.5. The van der Waals surface area contributed by atoms with Crippen molar-refractivity contribution in [3.8, 4) is 0 Å². The lowest BCUT2D eigenvalue weighted by Crippen LogP contribution is -2.31. The van der Waals surface area contributed by atoms with Crippen LogP contribution in [0.25, 0.3) is 10.8 Å². The maximum atomic E-state index is 3.53. The van der Waals surface area contributed by atoms with E-state index in [-0.39, 0.29) is 0 Å². The Labute approximate surface area is 110 Å². The van der Waals surface area contributed by atoms with Crippen molar-refractivity contribution in [2.45, 2.75) is 19.9 Å². The second-order valence-corrected chi connectivity index (χ2v) is 5.03. The summed E-state index contributed by atoms with van der Waals surface area (Å²) in [4.78, 5) is 2.35. The van der Waals surface area contributed by atoms with Gasteiger partial charge in [0.1, 0.15) is 0 Å². The van der Waals surface area contributed by atoms with Crippen molar-refractivity contribution in [2.75, 3.05) is 25.5 Å². The summed E-state index contributed by atoms with van der Waals surface area (Å²) in [5.41, 5.74) is 1.23. The highest BCUT2D eigenvalue weighted by atomic mass is 15.1. The lowest BCUT2D eigenvalue weighted by atomic mass is 10.1. The van der Waals surface area contributed by atoms with E-state index in [1.807, 2.05) is 0 Å². The number of rotatable bonds is 5. The van der Waals surface area contributed by atoms with Crippen LogP contribution in [-0.4, -0.2) is 31.1 Å². The molecule has 0 saturated carbocycles. The minimum absolute atomic E-state index is 0.597. The van der Waals surface area contributed by atoms with Crippen LogP contribution < -0.4 is 5.32 Å². The Morgan fingerprint density at radius 3 is 2.56 bits per heavy atom. The zero-order valence-electron chi connectivity index (χ0n) is 11.5. The second kappa shape index (κ2) is 5.87. The molecule has 0 saturated heterocycles. The van der Waals surface area contributed by atoms with Gasteiger partial charge in [-0.25, -0.2) is 0 Å². The molecule has 0 aliphatic heterocycles. The fraction of sp³-hybridized carbons (Fsp3) is 0.375. The Kier molecular flexibility index (Phi) is 4.21. The van der Waals surface area contributed by atoms with E-state index in [0.717, 1.165) is 13.1 Å². The topological polar surface area (TPSA) is 15.3 Å². The summed E-state index contributed by atoms with van der Waals surface area (Å²) in [6.45, 7) is 6.47. The molecular formula is C16H22N2. The Bertz CT molecular complexity index is 500. The first kappa shape index (κ1) is 12.9. The summed E-state index contributed by atoms with van der Waals surface area (Å²) >= 11 is 0. The first-order valence-electron chi connectivity index (χ1n) is 6.60. The van der Waals surface area contributed by atoms with Crippen LogP contribution >= 0.6 is 0 Å². The highest BCUT2D eigenvalue weighted by Gasteiger charge is 2.03. The summed E-state index contributed by atoms with van der Waals surface area (Å²) in [6, 6.07) is 15.5. The second-order valence-electron chi connectivity index (χ2n) is 5.03. The number of fused-ring (bicyclic) bond motifs is 1. The molecule has 96 valence electrons. The molecule has 0 atom stereocenters. The van der Waals surface area contributed by atoms with Crippen LogP contribution in [0.15, 0.2) is 42.5 Å². The van der Waals surface area contributed by atoms with Crippen LogP contribution in [0.5, 0.6) is 0 Å². The number of benzene rings is 2. The van der Waals surface area contributed by atoms with E-state index in [1.54, 1.807) is 0 Å². The number of likely N-dealkylation sites (N-methyl/N-ethyl adjacent to an activating group) is 1. The summed E-state index contributed by atoms with van der Waals surface area (Å²) in [7, 11) is 2.16. The molecule has 0 spiro atoms. The minimum atomic E-state index is 0.597. The Hall–Kier alpha value is -1.54. The smallest absolute Gasteiger partial charge is 0.0420 e. The Balaban J connectivity index is 2.04. The molecule has 0 heterocycles. The van der Waals surface area contributed by atoms with Crippen molar-refractivity contribution in [1.29, 1.82) is 0 Å².